The molecule has 0 unspecified atom stereocenters. The SMILES string of the molecule is CC(=O)N1c2ccc(-c3ccc(C=O)cc3)cc2CC[C@@H]1C. The van der Waals surface area contributed by atoms with Gasteiger partial charge in [0.1, 0.15) is 6.29 Å². The van der Waals surface area contributed by atoms with Crippen LogP contribution in [0.15, 0.2) is 42.5 Å². The first-order valence-corrected chi connectivity index (χ1v) is 7.58. The molecule has 0 fully saturated rings. The molecule has 0 saturated heterocycles. The van der Waals surface area contributed by atoms with Crippen LogP contribution in [0.3, 0.4) is 0 Å². The van der Waals surface area contributed by atoms with E-state index in [1.165, 1.54) is 5.56 Å². The van der Waals surface area contributed by atoms with Gasteiger partial charge in [-0.15, -0.1) is 0 Å². The molecule has 22 heavy (non-hydrogen) atoms. The van der Waals surface area contributed by atoms with Crippen molar-refractivity contribution in [3.05, 3.63) is 53.6 Å². The standard InChI is InChI=1S/C19H19NO2/c1-13-3-6-18-11-17(9-10-19(18)20(13)14(2)22)16-7-4-15(12-21)5-8-16/h4-5,7-13H,3,6H2,1-2H3/t13-/m0/s1. The quantitative estimate of drug-likeness (QED) is 0.789. The summed E-state index contributed by atoms with van der Waals surface area (Å²) < 4.78 is 0. The highest BCUT2D eigenvalue weighted by molar-refractivity contribution is 5.94. The van der Waals surface area contributed by atoms with E-state index in [1.54, 1.807) is 6.92 Å². The highest BCUT2D eigenvalue weighted by Crippen LogP contribution is 2.34. The van der Waals surface area contributed by atoms with Crippen molar-refractivity contribution in [3.8, 4) is 11.1 Å². The Hall–Kier alpha value is -2.42. The molecule has 0 spiro atoms. The highest BCUT2D eigenvalue weighted by Gasteiger charge is 2.26. The Bertz CT molecular complexity index is 719. The molecule has 1 aliphatic heterocycles. The average molecular weight is 293 g/mol. The summed E-state index contributed by atoms with van der Waals surface area (Å²) in [5.74, 6) is 0.0940. The van der Waals surface area contributed by atoms with E-state index in [9.17, 15) is 9.59 Å². The van der Waals surface area contributed by atoms with Gasteiger partial charge in [-0.2, -0.15) is 0 Å². The number of benzene rings is 2. The van der Waals surface area contributed by atoms with E-state index in [4.69, 9.17) is 0 Å². The van der Waals surface area contributed by atoms with Crippen LogP contribution in [0.4, 0.5) is 5.69 Å². The van der Waals surface area contributed by atoms with Crippen molar-refractivity contribution in [1.82, 2.24) is 0 Å². The van der Waals surface area contributed by atoms with Gasteiger partial charge < -0.3 is 4.90 Å². The van der Waals surface area contributed by atoms with Crippen molar-refractivity contribution < 1.29 is 9.59 Å². The first-order valence-electron chi connectivity index (χ1n) is 7.58. The van der Waals surface area contributed by atoms with Crippen molar-refractivity contribution >= 4 is 17.9 Å². The first kappa shape index (κ1) is 14.5. The second kappa shape index (κ2) is 5.76. The summed E-state index contributed by atoms with van der Waals surface area (Å²) in [6.07, 6.45) is 2.82. The maximum absolute atomic E-state index is 11.9. The van der Waals surface area contributed by atoms with E-state index in [-0.39, 0.29) is 11.9 Å². The Labute approximate surface area is 130 Å². The van der Waals surface area contributed by atoms with E-state index in [2.05, 4.69) is 13.0 Å². The molecular formula is C19H19NO2. The molecule has 1 aliphatic rings. The number of carbonyl (C=O) groups excluding carboxylic acids is 2. The van der Waals surface area contributed by atoms with Gasteiger partial charge in [-0.3, -0.25) is 9.59 Å². The molecule has 0 aliphatic carbocycles. The normalized spacial score (nSPS) is 17.0. The number of hydrogen-bond acceptors (Lipinski definition) is 2. The van der Waals surface area contributed by atoms with Crippen molar-refractivity contribution in [3.63, 3.8) is 0 Å². The zero-order chi connectivity index (χ0) is 15.7. The number of aldehydes is 1. The second-order valence-electron chi connectivity index (χ2n) is 5.86. The molecule has 1 heterocycles. The van der Waals surface area contributed by atoms with Gasteiger partial charge in [0, 0.05) is 24.2 Å². The number of anilines is 1. The topological polar surface area (TPSA) is 37.4 Å². The summed E-state index contributed by atoms with van der Waals surface area (Å²) >= 11 is 0. The van der Waals surface area contributed by atoms with Gasteiger partial charge in [-0.05, 0) is 48.6 Å². The first-order chi connectivity index (χ1) is 10.6. The number of nitrogens with zero attached hydrogens (tertiary/aromatic N) is 1. The van der Waals surface area contributed by atoms with Crippen LogP contribution < -0.4 is 4.90 Å². The summed E-state index contributed by atoms with van der Waals surface area (Å²) in [5, 5.41) is 0. The van der Waals surface area contributed by atoms with E-state index < -0.39 is 0 Å². The lowest BCUT2D eigenvalue weighted by molar-refractivity contribution is -0.117. The molecule has 0 aromatic heterocycles. The van der Waals surface area contributed by atoms with Crippen LogP contribution in [0.1, 0.15) is 36.2 Å². The lowest BCUT2D eigenvalue weighted by Crippen LogP contribution is -2.40. The monoisotopic (exact) mass is 293 g/mol. The molecule has 2 aromatic rings. The predicted octanol–water partition coefficient (Wildman–Crippen LogP) is 3.85. The lowest BCUT2D eigenvalue weighted by atomic mass is 9.93. The molecule has 1 amide bonds. The molecule has 112 valence electrons. The number of hydrogen-bond donors (Lipinski definition) is 0. The number of aryl methyl sites for hydroxylation is 1. The van der Waals surface area contributed by atoms with Crippen LogP contribution in [0.2, 0.25) is 0 Å². The Kier molecular flexibility index (Phi) is 3.80. The van der Waals surface area contributed by atoms with Gasteiger partial charge in [0.05, 0.1) is 0 Å². The third kappa shape index (κ3) is 2.54. The molecule has 0 N–H and O–H groups in total. The van der Waals surface area contributed by atoms with Gasteiger partial charge in [0.2, 0.25) is 5.91 Å². The minimum absolute atomic E-state index is 0.0940. The van der Waals surface area contributed by atoms with Gasteiger partial charge in [-0.1, -0.05) is 30.3 Å². The molecule has 1 atom stereocenters. The molecule has 0 radical (unpaired) electrons. The van der Waals surface area contributed by atoms with Crippen LogP contribution >= 0.6 is 0 Å². The summed E-state index contributed by atoms with van der Waals surface area (Å²) in [5.41, 5.74) is 5.12. The molecule has 3 heteroatoms. The molecule has 2 aromatic carbocycles. The van der Waals surface area contributed by atoms with Crippen LogP contribution in [-0.4, -0.2) is 18.2 Å². The van der Waals surface area contributed by atoms with Crippen LogP contribution in [0, 0.1) is 0 Å². The molecule has 0 saturated carbocycles. The Morgan fingerprint density at radius 2 is 1.82 bits per heavy atom. The third-order valence-corrected chi connectivity index (χ3v) is 4.33. The zero-order valence-corrected chi connectivity index (χ0v) is 12.9. The van der Waals surface area contributed by atoms with Crippen LogP contribution in [-0.2, 0) is 11.2 Å². The maximum atomic E-state index is 11.9. The van der Waals surface area contributed by atoms with E-state index in [1.807, 2.05) is 41.3 Å². The molecule has 3 rings (SSSR count). The van der Waals surface area contributed by atoms with E-state index in [0.29, 0.717) is 5.56 Å². The summed E-state index contributed by atoms with van der Waals surface area (Å²) in [7, 11) is 0. The fourth-order valence-corrected chi connectivity index (χ4v) is 3.17. The lowest BCUT2D eigenvalue weighted by Gasteiger charge is -2.34. The third-order valence-electron chi connectivity index (χ3n) is 4.33. The van der Waals surface area contributed by atoms with Gasteiger partial charge in [-0.25, -0.2) is 0 Å². The van der Waals surface area contributed by atoms with Crippen molar-refractivity contribution in [2.24, 2.45) is 0 Å². The van der Waals surface area contributed by atoms with Crippen molar-refractivity contribution in [2.75, 3.05) is 4.90 Å². The van der Waals surface area contributed by atoms with Crippen molar-refractivity contribution in [2.45, 2.75) is 32.7 Å². The Balaban J connectivity index is 2.00. The number of amides is 1. The van der Waals surface area contributed by atoms with E-state index in [0.717, 1.165) is 35.9 Å². The summed E-state index contributed by atoms with van der Waals surface area (Å²) in [6.45, 7) is 3.72. The van der Waals surface area contributed by atoms with Crippen LogP contribution in [0.25, 0.3) is 11.1 Å². The molecule has 3 nitrogen and oxygen atoms in total. The largest absolute Gasteiger partial charge is 0.310 e. The van der Waals surface area contributed by atoms with Gasteiger partial charge >= 0.3 is 0 Å². The minimum atomic E-state index is 0.0940. The summed E-state index contributed by atoms with van der Waals surface area (Å²) in [4.78, 5) is 24.5. The number of rotatable bonds is 2. The van der Waals surface area contributed by atoms with E-state index >= 15 is 0 Å². The highest BCUT2D eigenvalue weighted by atomic mass is 16.2. The van der Waals surface area contributed by atoms with Crippen molar-refractivity contribution in [1.29, 1.82) is 0 Å². The Morgan fingerprint density at radius 3 is 2.45 bits per heavy atom. The fourth-order valence-electron chi connectivity index (χ4n) is 3.17. The second-order valence-corrected chi connectivity index (χ2v) is 5.86. The zero-order valence-electron chi connectivity index (χ0n) is 12.9. The number of fused-ring (bicyclic) bond motifs is 1. The molecule has 0 bridgehead atoms. The number of carbonyl (C=O) groups is 2. The fraction of sp³-hybridized carbons (Fsp3) is 0.263. The average Bonchev–Trinajstić information content (AvgIpc) is 2.54. The van der Waals surface area contributed by atoms with Crippen LogP contribution in [0.5, 0.6) is 0 Å². The summed E-state index contributed by atoms with van der Waals surface area (Å²) in [6, 6.07) is 14.1. The molecular weight excluding hydrogens is 274 g/mol. The minimum Gasteiger partial charge on any atom is -0.310 e. The maximum Gasteiger partial charge on any atom is 0.224 e. The predicted molar refractivity (Wildman–Crippen MR) is 88.2 cm³/mol. The Morgan fingerprint density at radius 1 is 1.14 bits per heavy atom. The van der Waals surface area contributed by atoms with Gasteiger partial charge in [0.15, 0.2) is 0 Å². The smallest absolute Gasteiger partial charge is 0.224 e. The van der Waals surface area contributed by atoms with Gasteiger partial charge in [0.25, 0.3) is 0 Å².